The molecule has 0 aliphatic heterocycles. The number of halogens is 1. The van der Waals surface area contributed by atoms with E-state index in [1.54, 1.807) is 29.8 Å². The number of aromatic nitrogens is 4. The molecule has 2 aromatic heterocycles. The second kappa shape index (κ2) is 7.40. The van der Waals surface area contributed by atoms with Crippen LogP contribution >= 0.6 is 11.6 Å². The lowest BCUT2D eigenvalue weighted by molar-refractivity contribution is -0.116. The smallest absolute Gasteiger partial charge is 0.326 e. The van der Waals surface area contributed by atoms with Gasteiger partial charge in [-0.15, -0.1) is 0 Å². The molecule has 1 N–H and O–H groups in total. The fourth-order valence-electron chi connectivity index (χ4n) is 2.93. The molecular formula is C18H20ClN5O3. The molecule has 0 aliphatic rings. The van der Waals surface area contributed by atoms with Crippen LogP contribution in [0.4, 0.5) is 5.69 Å². The van der Waals surface area contributed by atoms with E-state index >= 15 is 0 Å². The third-order valence-electron chi connectivity index (χ3n) is 4.56. The fraction of sp³-hybridized carbons (Fsp3) is 0.333. The van der Waals surface area contributed by atoms with Crippen LogP contribution in [0.3, 0.4) is 0 Å². The van der Waals surface area contributed by atoms with Gasteiger partial charge in [0, 0.05) is 37.8 Å². The molecule has 0 spiro atoms. The van der Waals surface area contributed by atoms with Crippen molar-refractivity contribution >= 4 is 34.4 Å². The van der Waals surface area contributed by atoms with Crippen molar-refractivity contribution in [3.8, 4) is 0 Å². The molecule has 0 saturated heterocycles. The molecular weight excluding hydrogens is 370 g/mol. The predicted octanol–water partition coefficient (Wildman–Crippen LogP) is 1.81. The van der Waals surface area contributed by atoms with Gasteiger partial charge >= 0.3 is 5.69 Å². The van der Waals surface area contributed by atoms with Crippen LogP contribution in [-0.2, 0) is 25.4 Å². The number of nitrogens with zero attached hydrogens (tertiary/aromatic N) is 4. The Morgan fingerprint density at radius 2 is 1.96 bits per heavy atom. The van der Waals surface area contributed by atoms with Crippen LogP contribution in [0.15, 0.2) is 34.1 Å². The van der Waals surface area contributed by atoms with Gasteiger partial charge in [-0.05, 0) is 31.0 Å². The van der Waals surface area contributed by atoms with E-state index in [0.29, 0.717) is 34.8 Å². The number of carbonyl (C=O) groups excluding carboxylic acids is 1. The third kappa shape index (κ3) is 3.52. The minimum absolute atomic E-state index is 0.134. The van der Waals surface area contributed by atoms with E-state index in [-0.39, 0.29) is 12.3 Å². The Kier molecular flexibility index (Phi) is 5.18. The highest BCUT2D eigenvalue weighted by atomic mass is 35.5. The summed E-state index contributed by atoms with van der Waals surface area (Å²) in [4.78, 5) is 40.7. The number of aryl methyl sites for hydroxylation is 2. The van der Waals surface area contributed by atoms with Crippen molar-refractivity contribution < 1.29 is 4.79 Å². The summed E-state index contributed by atoms with van der Waals surface area (Å²) in [5.41, 5.74) is 1.37. The first-order chi connectivity index (χ1) is 12.8. The van der Waals surface area contributed by atoms with Gasteiger partial charge in [0.1, 0.15) is 0 Å². The van der Waals surface area contributed by atoms with Crippen molar-refractivity contribution in [2.75, 3.05) is 5.32 Å². The van der Waals surface area contributed by atoms with Crippen LogP contribution in [0.5, 0.6) is 0 Å². The van der Waals surface area contributed by atoms with E-state index in [4.69, 9.17) is 11.6 Å². The average Bonchev–Trinajstić information content (AvgIpc) is 3.06. The quantitative estimate of drug-likeness (QED) is 0.720. The van der Waals surface area contributed by atoms with Crippen molar-refractivity contribution in [1.82, 2.24) is 18.7 Å². The van der Waals surface area contributed by atoms with Gasteiger partial charge in [-0.25, -0.2) is 9.78 Å². The van der Waals surface area contributed by atoms with Crippen LogP contribution in [0, 0.1) is 6.92 Å². The van der Waals surface area contributed by atoms with E-state index in [1.807, 2.05) is 6.92 Å². The number of fused-ring (bicyclic) bond motifs is 1. The van der Waals surface area contributed by atoms with Crippen molar-refractivity contribution in [3.05, 3.63) is 56.0 Å². The van der Waals surface area contributed by atoms with Gasteiger partial charge in [0.25, 0.3) is 5.56 Å². The standard InChI is InChI=1S/C18H20ClN5O3/c1-11-12(19)6-4-7-13(11)21-14(25)8-5-9-24-10-20-16-15(24)17(26)23(3)18(27)22(16)2/h4,6-7,10H,5,8-9H2,1-3H3,(H,21,25). The zero-order valence-electron chi connectivity index (χ0n) is 15.3. The highest BCUT2D eigenvalue weighted by Gasteiger charge is 2.14. The summed E-state index contributed by atoms with van der Waals surface area (Å²) >= 11 is 6.06. The molecule has 0 radical (unpaired) electrons. The topological polar surface area (TPSA) is 90.9 Å². The molecule has 9 heteroatoms. The molecule has 27 heavy (non-hydrogen) atoms. The molecule has 3 aromatic rings. The van der Waals surface area contributed by atoms with E-state index in [1.165, 1.54) is 17.9 Å². The van der Waals surface area contributed by atoms with Crippen LogP contribution < -0.4 is 16.6 Å². The molecule has 3 rings (SSSR count). The minimum Gasteiger partial charge on any atom is -0.326 e. The molecule has 0 fully saturated rings. The van der Waals surface area contributed by atoms with Crippen molar-refractivity contribution in [2.24, 2.45) is 14.1 Å². The van der Waals surface area contributed by atoms with Crippen molar-refractivity contribution in [3.63, 3.8) is 0 Å². The van der Waals surface area contributed by atoms with E-state index in [0.717, 1.165) is 10.1 Å². The molecule has 0 bridgehead atoms. The lowest BCUT2D eigenvalue weighted by atomic mass is 10.2. The molecule has 2 heterocycles. The summed E-state index contributed by atoms with van der Waals surface area (Å²) in [5.74, 6) is -0.134. The molecule has 0 atom stereocenters. The molecule has 0 unspecified atom stereocenters. The van der Waals surface area contributed by atoms with Gasteiger partial charge in [-0.1, -0.05) is 17.7 Å². The van der Waals surface area contributed by atoms with E-state index < -0.39 is 11.2 Å². The zero-order chi connectivity index (χ0) is 19.7. The number of imidazole rings is 1. The van der Waals surface area contributed by atoms with Crippen molar-refractivity contribution in [2.45, 2.75) is 26.3 Å². The highest BCUT2D eigenvalue weighted by molar-refractivity contribution is 6.31. The fourth-order valence-corrected chi connectivity index (χ4v) is 3.11. The normalized spacial score (nSPS) is 11.1. The summed E-state index contributed by atoms with van der Waals surface area (Å²) < 4.78 is 4.06. The first-order valence-corrected chi connectivity index (χ1v) is 8.85. The summed E-state index contributed by atoms with van der Waals surface area (Å²) in [6, 6.07) is 5.35. The number of rotatable bonds is 5. The number of anilines is 1. The maximum absolute atomic E-state index is 12.4. The highest BCUT2D eigenvalue weighted by Crippen LogP contribution is 2.23. The molecule has 1 amide bonds. The zero-order valence-corrected chi connectivity index (χ0v) is 16.1. The third-order valence-corrected chi connectivity index (χ3v) is 4.97. The van der Waals surface area contributed by atoms with Gasteiger partial charge in [-0.2, -0.15) is 0 Å². The molecule has 0 aliphatic carbocycles. The number of hydrogen-bond acceptors (Lipinski definition) is 4. The summed E-state index contributed by atoms with van der Waals surface area (Å²) in [6.45, 7) is 2.28. The second-order valence-electron chi connectivity index (χ2n) is 6.38. The predicted molar refractivity (Wildman–Crippen MR) is 104 cm³/mol. The molecule has 1 aromatic carbocycles. The Morgan fingerprint density at radius 3 is 2.70 bits per heavy atom. The summed E-state index contributed by atoms with van der Waals surface area (Å²) in [5, 5.41) is 3.44. The van der Waals surface area contributed by atoms with Gasteiger partial charge in [0.15, 0.2) is 11.2 Å². The van der Waals surface area contributed by atoms with Crippen LogP contribution in [0.2, 0.25) is 5.02 Å². The van der Waals surface area contributed by atoms with E-state index in [2.05, 4.69) is 10.3 Å². The molecule has 8 nitrogen and oxygen atoms in total. The Balaban J connectivity index is 1.71. The largest absolute Gasteiger partial charge is 0.332 e. The Bertz CT molecular complexity index is 1140. The molecule has 142 valence electrons. The lowest BCUT2D eigenvalue weighted by Crippen LogP contribution is -2.37. The van der Waals surface area contributed by atoms with Crippen molar-refractivity contribution in [1.29, 1.82) is 0 Å². The van der Waals surface area contributed by atoms with Crippen LogP contribution in [0.25, 0.3) is 11.2 Å². The first-order valence-electron chi connectivity index (χ1n) is 8.47. The SMILES string of the molecule is Cc1c(Cl)cccc1NC(=O)CCCn1cnc2c1c(=O)n(C)c(=O)n2C. The Hall–Kier alpha value is -2.87. The maximum atomic E-state index is 12.4. The van der Waals surface area contributed by atoms with Crippen LogP contribution in [-0.4, -0.2) is 24.6 Å². The summed E-state index contributed by atoms with van der Waals surface area (Å²) in [6.07, 6.45) is 2.31. The lowest BCUT2D eigenvalue weighted by Gasteiger charge is -2.10. The number of nitrogens with one attached hydrogen (secondary N) is 1. The number of carbonyl (C=O) groups is 1. The van der Waals surface area contributed by atoms with Crippen LogP contribution in [0.1, 0.15) is 18.4 Å². The van der Waals surface area contributed by atoms with Gasteiger partial charge in [-0.3, -0.25) is 18.7 Å². The Labute approximate surface area is 160 Å². The van der Waals surface area contributed by atoms with Gasteiger partial charge in [0.05, 0.1) is 6.33 Å². The van der Waals surface area contributed by atoms with Gasteiger partial charge in [0.2, 0.25) is 5.91 Å². The minimum atomic E-state index is -0.422. The van der Waals surface area contributed by atoms with E-state index in [9.17, 15) is 14.4 Å². The van der Waals surface area contributed by atoms with Gasteiger partial charge < -0.3 is 9.88 Å². The monoisotopic (exact) mass is 389 g/mol. The maximum Gasteiger partial charge on any atom is 0.332 e. The summed E-state index contributed by atoms with van der Waals surface area (Å²) in [7, 11) is 3.00. The molecule has 0 saturated carbocycles. The first kappa shape index (κ1) is 18.9. The number of benzene rings is 1. The number of amides is 1. The number of hydrogen-bond donors (Lipinski definition) is 1. The second-order valence-corrected chi connectivity index (χ2v) is 6.79. The average molecular weight is 390 g/mol. The Morgan fingerprint density at radius 1 is 1.22 bits per heavy atom.